The number of allylic oxidation sites excluding steroid dienone is 1. The van der Waals surface area contributed by atoms with Crippen LogP contribution in [0, 0.1) is 11.8 Å². The summed E-state index contributed by atoms with van der Waals surface area (Å²) in [6.07, 6.45) is 11.2. The molecule has 0 amide bonds. The summed E-state index contributed by atoms with van der Waals surface area (Å²) in [6, 6.07) is 0. The molecule has 0 spiro atoms. The predicted octanol–water partition coefficient (Wildman–Crippen LogP) is 5.20. The number of carboxylic acid groups (broad SMARTS) is 1. The number of hydrogen-bond donors (Lipinski definition) is 2. The summed E-state index contributed by atoms with van der Waals surface area (Å²) in [5, 5.41) is 20.9. The first kappa shape index (κ1) is 23.1. The van der Waals surface area contributed by atoms with Crippen LogP contribution in [0.4, 0.5) is 0 Å². The van der Waals surface area contributed by atoms with Crippen LogP contribution in [0.15, 0.2) is 21.9 Å². The molecule has 0 bridgehead atoms. The minimum Gasteiger partial charge on any atom is -0.476 e. The van der Waals surface area contributed by atoms with Gasteiger partial charge in [-0.3, -0.25) is 4.79 Å². The molecule has 1 fully saturated rings. The number of rotatable bonds is 12. The van der Waals surface area contributed by atoms with E-state index < -0.39 is 11.6 Å². The first-order valence-corrected chi connectivity index (χ1v) is 11.9. The van der Waals surface area contributed by atoms with Gasteiger partial charge in [0.25, 0.3) is 0 Å². The van der Waals surface area contributed by atoms with Gasteiger partial charge in [-0.2, -0.15) is 0 Å². The molecule has 0 radical (unpaired) electrons. The van der Waals surface area contributed by atoms with Gasteiger partial charge in [0.1, 0.15) is 5.78 Å². The maximum Gasteiger partial charge on any atom is 0.355 e. The lowest BCUT2D eigenvalue weighted by Crippen LogP contribution is -2.23. The predicted molar refractivity (Wildman–Crippen MR) is 114 cm³/mol. The highest BCUT2D eigenvalue weighted by Crippen LogP contribution is 2.35. The number of nitrogens with zero attached hydrogens (tertiary/aromatic N) is 1. The van der Waals surface area contributed by atoms with Crippen LogP contribution in [0.5, 0.6) is 0 Å². The lowest BCUT2D eigenvalue weighted by Gasteiger charge is -2.22. The summed E-state index contributed by atoms with van der Waals surface area (Å²) in [7, 11) is 0. The van der Waals surface area contributed by atoms with Crippen molar-refractivity contribution in [1.29, 1.82) is 0 Å². The number of Topliss-reactive ketones (excluding diaryl/α,β-unsaturated/α-hetero) is 1. The van der Waals surface area contributed by atoms with E-state index in [1.807, 2.05) is 6.92 Å². The van der Waals surface area contributed by atoms with Gasteiger partial charge in [-0.25, -0.2) is 9.78 Å². The first-order valence-electron chi connectivity index (χ1n) is 10.1. The number of aliphatic hydroxyl groups is 1. The summed E-state index contributed by atoms with van der Waals surface area (Å²) in [4.78, 5) is 27.2. The van der Waals surface area contributed by atoms with E-state index in [1.54, 1.807) is 5.38 Å². The number of unbranched alkanes of at least 4 members (excludes halogenated alkanes) is 2. The molecular formula is C21H31NO4S2. The first-order chi connectivity index (χ1) is 13.3. The SMILES string of the molecule is CCCCC[C@](C)(O)CC=C[C@@H]1CCC(=O)[C@@H]1CCSc1nc(C(=O)O)cs1. The van der Waals surface area contributed by atoms with Crippen molar-refractivity contribution in [3.8, 4) is 0 Å². The van der Waals surface area contributed by atoms with E-state index in [9.17, 15) is 14.7 Å². The molecule has 3 atom stereocenters. The maximum absolute atomic E-state index is 12.3. The fourth-order valence-electron chi connectivity index (χ4n) is 3.59. The van der Waals surface area contributed by atoms with Gasteiger partial charge in [-0.15, -0.1) is 11.3 Å². The van der Waals surface area contributed by atoms with Crippen molar-refractivity contribution in [3.63, 3.8) is 0 Å². The van der Waals surface area contributed by atoms with Crippen LogP contribution >= 0.6 is 23.1 Å². The quantitative estimate of drug-likeness (QED) is 0.272. The zero-order chi connectivity index (χ0) is 20.6. The van der Waals surface area contributed by atoms with Crippen LogP contribution in [0.1, 0.15) is 75.7 Å². The fourth-order valence-corrected chi connectivity index (χ4v) is 5.48. The van der Waals surface area contributed by atoms with Crippen molar-refractivity contribution in [1.82, 2.24) is 4.98 Å². The Labute approximate surface area is 175 Å². The molecule has 0 unspecified atom stereocenters. The molecule has 1 aliphatic carbocycles. The highest BCUT2D eigenvalue weighted by Gasteiger charge is 2.32. The summed E-state index contributed by atoms with van der Waals surface area (Å²) >= 11 is 2.85. The monoisotopic (exact) mass is 425 g/mol. The Kier molecular flexibility index (Phi) is 9.18. The van der Waals surface area contributed by atoms with Gasteiger partial charge in [0.2, 0.25) is 0 Å². The summed E-state index contributed by atoms with van der Waals surface area (Å²) in [5.74, 6) is 0.320. The molecule has 1 heterocycles. The normalized spacial score (nSPS) is 22.0. The van der Waals surface area contributed by atoms with Crippen LogP contribution in [-0.2, 0) is 4.79 Å². The molecule has 0 aliphatic heterocycles. The fraction of sp³-hybridized carbons (Fsp3) is 0.667. The largest absolute Gasteiger partial charge is 0.476 e. The zero-order valence-corrected chi connectivity index (χ0v) is 18.4. The van der Waals surface area contributed by atoms with Crippen molar-refractivity contribution in [2.24, 2.45) is 11.8 Å². The number of thioether (sulfide) groups is 1. The number of carboxylic acids is 1. The number of ketones is 1. The Morgan fingerprint density at radius 1 is 1.46 bits per heavy atom. The standard InChI is InChI=1S/C21H31NO4S2/c1-3-4-5-11-21(2,26)12-6-7-15-8-9-18(23)16(15)10-13-27-20-22-17(14-28-20)19(24)25/h6-7,14-16,26H,3-5,8-13H2,1-2H3,(H,24,25)/t15-,16-,21+/m1/s1. The maximum atomic E-state index is 12.3. The van der Waals surface area contributed by atoms with E-state index in [0.717, 1.165) is 48.6 Å². The number of carbonyl (C=O) groups excluding carboxylic acids is 1. The van der Waals surface area contributed by atoms with Crippen LogP contribution in [0.3, 0.4) is 0 Å². The average Bonchev–Trinajstić information content (AvgIpc) is 3.23. The lowest BCUT2D eigenvalue weighted by molar-refractivity contribution is -0.121. The number of hydrogen-bond acceptors (Lipinski definition) is 6. The van der Waals surface area contributed by atoms with Crippen LogP contribution < -0.4 is 0 Å². The van der Waals surface area contributed by atoms with E-state index in [-0.39, 0.29) is 17.5 Å². The van der Waals surface area contributed by atoms with Crippen LogP contribution in [0.2, 0.25) is 0 Å². The highest BCUT2D eigenvalue weighted by molar-refractivity contribution is 8.01. The van der Waals surface area contributed by atoms with E-state index in [1.165, 1.54) is 23.1 Å². The minimum atomic E-state index is -1.01. The third-order valence-corrected chi connectivity index (χ3v) is 7.33. The average molecular weight is 426 g/mol. The molecule has 0 aromatic carbocycles. The van der Waals surface area contributed by atoms with Gasteiger partial charge < -0.3 is 10.2 Å². The molecule has 1 saturated carbocycles. The Bertz CT molecular complexity index is 684. The van der Waals surface area contributed by atoms with Crippen molar-refractivity contribution < 1.29 is 19.8 Å². The second-order valence-electron chi connectivity index (χ2n) is 7.80. The summed E-state index contributed by atoms with van der Waals surface area (Å²) < 4.78 is 0.734. The number of thiazole rings is 1. The lowest BCUT2D eigenvalue weighted by atomic mass is 9.90. The molecule has 1 aromatic heterocycles. The number of carbonyl (C=O) groups is 2. The topological polar surface area (TPSA) is 87.5 Å². The van der Waals surface area contributed by atoms with Gasteiger partial charge in [0.05, 0.1) is 5.60 Å². The van der Waals surface area contributed by atoms with Gasteiger partial charge in [0.15, 0.2) is 10.0 Å². The van der Waals surface area contributed by atoms with Crippen molar-refractivity contribution in [2.45, 2.75) is 75.2 Å². The Morgan fingerprint density at radius 3 is 2.93 bits per heavy atom. The van der Waals surface area contributed by atoms with E-state index in [4.69, 9.17) is 5.11 Å². The molecule has 156 valence electrons. The number of aromatic carboxylic acids is 1. The second-order valence-corrected chi connectivity index (χ2v) is 10.0. The van der Waals surface area contributed by atoms with E-state index in [0.29, 0.717) is 18.6 Å². The van der Waals surface area contributed by atoms with Crippen LogP contribution in [0.25, 0.3) is 0 Å². The van der Waals surface area contributed by atoms with Gasteiger partial charge in [-0.1, -0.05) is 50.1 Å². The van der Waals surface area contributed by atoms with Gasteiger partial charge in [0, 0.05) is 23.5 Å². The third kappa shape index (κ3) is 7.33. The molecule has 1 aromatic rings. The van der Waals surface area contributed by atoms with Gasteiger partial charge >= 0.3 is 5.97 Å². The van der Waals surface area contributed by atoms with Crippen LogP contribution in [-0.4, -0.2) is 38.3 Å². The van der Waals surface area contributed by atoms with Crippen molar-refractivity contribution in [2.75, 3.05) is 5.75 Å². The number of aromatic nitrogens is 1. The second kappa shape index (κ2) is 11.1. The minimum absolute atomic E-state index is 0.0210. The molecular weight excluding hydrogens is 394 g/mol. The Hall–Kier alpha value is -1.18. The van der Waals surface area contributed by atoms with Crippen molar-refractivity contribution >= 4 is 34.9 Å². The molecule has 2 rings (SSSR count). The molecule has 7 heteroatoms. The summed E-state index contributed by atoms with van der Waals surface area (Å²) in [5.41, 5.74) is -0.594. The van der Waals surface area contributed by atoms with E-state index in [2.05, 4.69) is 24.1 Å². The molecule has 2 N–H and O–H groups in total. The zero-order valence-electron chi connectivity index (χ0n) is 16.7. The highest BCUT2D eigenvalue weighted by atomic mass is 32.2. The van der Waals surface area contributed by atoms with Gasteiger partial charge in [-0.05, 0) is 38.5 Å². The Balaban J connectivity index is 1.80. The molecule has 28 heavy (non-hydrogen) atoms. The third-order valence-electron chi connectivity index (χ3n) is 5.27. The Morgan fingerprint density at radius 2 is 2.25 bits per heavy atom. The smallest absolute Gasteiger partial charge is 0.355 e. The van der Waals surface area contributed by atoms with E-state index >= 15 is 0 Å². The summed E-state index contributed by atoms with van der Waals surface area (Å²) in [6.45, 7) is 4.05. The molecule has 1 aliphatic rings. The van der Waals surface area contributed by atoms with Crippen molar-refractivity contribution in [3.05, 3.63) is 23.2 Å². The molecule has 0 saturated heterocycles. The molecule has 5 nitrogen and oxygen atoms in total.